The maximum atomic E-state index is 5.96. The zero-order valence-corrected chi connectivity index (χ0v) is 22.7. The molecule has 0 amide bonds. The molecule has 5 heteroatoms. The maximum Gasteiger partial charge on any atom is 0.500 e. The Morgan fingerprint density at radius 1 is 0.559 bits per heavy atom. The predicted octanol–water partition coefficient (Wildman–Crippen LogP) is 8.35. The second-order valence-corrected chi connectivity index (χ2v) is 11.8. The van der Waals surface area contributed by atoms with Crippen LogP contribution in [-0.4, -0.2) is 33.2 Å². The third-order valence-electron chi connectivity index (χ3n) is 6.64. The van der Waals surface area contributed by atoms with Crippen LogP contribution >= 0.6 is 0 Å². The second kappa shape index (κ2) is 14.7. The fourth-order valence-corrected chi connectivity index (χ4v) is 7.78. The molecular formula is C29H45NO3Si. The molecule has 0 saturated carbocycles. The number of nitrogens with zero attached hydrogens (tertiary/aromatic N) is 1. The van der Waals surface area contributed by atoms with Crippen LogP contribution in [-0.2, 0) is 19.8 Å². The number of para-hydroxylation sites is 2. The molecule has 0 saturated heterocycles. The molecule has 3 aromatic rings. The quantitative estimate of drug-likeness (QED) is 0.135. The molecule has 0 fully saturated rings. The third-order valence-corrected chi connectivity index (χ3v) is 9.79. The maximum absolute atomic E-state index is 5.96. The molecule has 0 aliphatic rings. The van der Waals surface area contributed by atoms with Crippen molar-refractivity contribution in [1.82, 2.24) is 4.57 Å². The van der Waals surface area contributed by atoms with E-state index in [0.29, 0.717) is 19.8 Å². The van der Waals surface area contributed by atoms with Crippen molar-refractivity contribution in [2.45, 2.75) is 91.1 Å². The van der Waals surface area contributed by atoms with Crippen molar-refractivity contribution in [1.29, 1.82) is 0 Å². The molecule has 34 heavy (non-hydrogen) atoms. The number of benzene rings is 2. The summed E-state index contributed by atoms with van der Waals surface area (Å²) in [7, 11) is -2.45. The average molecular weight is 484 g/mol. The predicted molar refractivity (Wildman–Crippen MR) is 146 cm³/mol. The molecule has 0 radical (unpaired) electrons. The Morgan fingerprint density at radius 3 is 1.44 bits per heavy atom. The summed E-state index contributed by atoms with van der Waals surface area (Å²) in [5.74, 6) is 0. The SMILES string of the molecule is CCO[Si](CCCCCCCCCCCn1c2ccccc2c2ccccc21)(OCC)OCC. The van der Waals surface area contributed by atoms with Crippen LogP contribution in [0.3, 0.4) is 0 Å². The summed E-state index contributed by atoms with van der Waals surface area (Å²) in [5.41, 5.74) is 2.74. The van der Waals surface area contributed by atoms with E-state index >= 15 is 0 Å². The summed E-state index contributed by atoms with van der Waals surface area (Å²) in [6, 6.07) is 18.6. The normalized spacial score (nSPS) is 12.2. The first-order valence-corrected chi connectivity index (χ1v) is 15.6. The number of hydrogen-bond donors (Lipinski definition) is 0. The van der Waals surface area contributed by atoms with Gasteiger partial charge in [-0.25, -0.2) is 0 Å². The zero-order chi connectivity index (χ0) is 24.1. The van der Waals surface area contributed by atoms with Gasteiger partial charge in [0.2, 0.25) is 0 Å². The van der Waals surface area contributed by atoms with Crippen molar-refractivity contribution in [3.63, 3.8) is 0 Å². The van der Waals surface area contributed by atoms with Crippen LogP contribution in [0.1, 0.15) is 78.6 Å². The first kappa shape index (κ1) is 26.9. The number of aromatic nitrogens is 1. The first-order chi connectivity index (χ1) is 16.7. The average Bonchev–Trinajstić information content (AvgIpc) is 3.17. The Bertz CT molecular complexity index is 900. The van der Waals surface area contributed by atoms with Crippen molar-refractivity contribution in [2.75, 3.05) is 19.8 Å². The van der Waals surface area contributed by atoms with Crippen LogP contribution in [0, 0.1) is 0 Å². The van der Waals surface area contributed by atoms with Gasteiger partial charge in [0.25, 0.3) is 0 Å². The molecule has 3 rings (SSSR count). The highest BCUT2D eigenvalue weighted by atomic mass is 28.4. The molecule has 4 nitrogen and oxygen atoms in total. The Hall–Kier alpha value is -1.66. The number of aryl methyl sites for hydroxylation is 1. The largest absolute Gasteiger partial charge is 0.500 e. The van der Waals surface area contributed by atoms with Crippen molar-refractivity contribution < 1.29 is 13.3 Å². The van der Waals surface area contributed by atoms with E-state index in [-0.39, 0.29) is 0 Å². The molecule has 0 N–H and O–H groups in total. The minimum absolute atomic E-state index is 0.670. The summed E-state index contributed by atoms with van der Waals surface area (Å²) in [6.07, 6.45) is 11.6. The molecule has 0 aliphatic heterocycles. The molecule has 0 unspecified atom stereocenters. The van der Waals surface area contributed by atoms with Crippen LogP contribution in [0.15, 0.2) is 48.5 Å². The van der Waals surface area contributed by atoms with E-state index in [1.165, 1.54) is 73.2 Å². The first-order valence-electron chi connectivity index (χ1n) is 13.6. The number of fused-ring (bicyclic) bond motifs is 3. The molecule has 0 aliphatic carbocycles. The fraction of sp³-hybridized carbons (Fsp3) is 0.586. The van der Waals surface area contributed by atoms with Crippen molar-refractivity contribution in [3.8, 4) is 0 Å². The lowest BCUT2D eigenvalue weighted by Crippen LogP contribution is -2.45. The second-order valence-electron chi connectivity index (χ2n) is 9.10. The zero-order valence-electron chi connectivity index (χ0n) is 21.7. The van der Waals surface area contributed by atoms with Crippen LogP contribution in [0.2, 0.25) is 6.04 Å². The molecular weight excluding hydrogens is 438 g/mol. The monoisotopic (exact) mass is 483 g/mol. The molecule has 1 aromatic heterocycles. The van der Waals surface area contributed by atoms with Crippen LogP contribution in [0.5, 0.6) is 0 Å². The number of hydrogen-bond acceptors (Lipinski definition) is 3. The standard InChI is InChI=1S/C29H45NO3Si/c1-4-31-34(32-5-2,33-6-3)25-19-13-11-9-7-8-10-12-18-24-30-28-22-16-14-20-26(28)27-21-15-17-23-29(27)30/h14-17,20-23H,4-13,18-19,24-25H2,1-3H3. The van der Waals surface area contributed by atoms with Gasteiger partial charge in [0, 0.05) is 54.2 Å². The Labute approximate surface area is 208 Å². The molecule has 0 spiro atoms. The molecule has 188 valence electrons. The van der Waals surface area contributed by atoms with Crippen LogP contribution < -0.4 is 0 Å². The van der Waals surface area contributed by atoms with Crippen LogP contribution in [0.25, 0.3) is 21.8 Å². The van der Waals surface area contributed by atoms with E-state index in [4.69, 9.17) is 13.3 Å². The van der Waals surface area contributed by atoms with Gasteiger partial charge in [-0.15, -0.1) is 0 Å². The topological polar surface area (TPSA) is 32.6 Å². The molecule has 0 bridgehead atoms. The minimum Gasteiger partial charge on any atom is -0.374 e. The number of unbranched alkanes of at least 4 members (excludes halogenated alkanes) is 8. The van der Waals surface area contributed by atoms with E-state index in [9.17, 15) is 0 Å². The lowest BCUT2D eigenvalue weighted by molar-refractivity contribution is 0.0706. The Balaban J connectivity index is 1.29. The summed E-state index contributed by atoms with van der Waals surface area (Å²) < 4.78 is 20.4. The molecule has 2 aromatic carbocycles. The van der Waals surface area contributed by atoms with Gasteiger partial charge in [-0.05, 0) is 45.7 Å². The van der Waals surface area contributed by atoms with Gasteiger partial charge in [0.05, 0.1) is 0 Å². The lowest BCUT2D eigenvalue weighted by atomic mass is 10.1. The summed E-state index contributed by atoms with van der Waals surface area (Å²) in [6.45, 7) is 9.21. The van der Waals surface area contributed by atoms with Gasteiger partial charge in [-0.1, -0.05) is 81.3 Å². The van der Waals surface area contributed by atoms with Crippen molar-refractivity contribution >= 4 is 30.6 Å². The van der Waals surface area contributed by atoms with Gasteiger partial charge < -0.3 is 17.8 Å². The third kappa shape index (κ3) is 7.42. The highest BCUT2D eigenvalue weighted by molar-refractivity contribution is 6.60. The van der Waals surface area contributed by atoms with E-state index in [1.54, 1.807) is 0 Å². The Morgan fingerprint density at radius 2 is 0.971 bits per heavy atom. The van der Waals surface area contributed by atoms with E-state index < -0.39 is 8.80 Å². The fourth-order valence-electron chi connectivity index (χ4n) is 5.09. The van der Waals surface area contributed by atoms with Gasteiger partial charge in [0.1, 0.15) is 0 Å². The van der Waals surface area contributed by atoms with Gasteiger partial charge in [0.15, 0.2) is 0 Å². The Kier molecular flexibility index (Phi) is 11.6. The molecule has 0 atom stereocenters. The van der Waals surface area contributed by atoms with Gasteiger partial charge in [-0.2, -0.15) is 0 Å². The van der Waals surface area contributed by atoms with E-state index in [2.05, 4.69) is 53.1 Å². The summed E-state index contributed by atoms with van der Waals surface area (Å²) in [5, 5.41) is 2.75. The summed E-state index contributed by atoms with van der Waals surface area (Å²) in [4.78, 5) is 0. The smallest absolute Gasteiger partial charge is 0.374 e. The van der Waals surface area contributed by atoms with E-state index in [1.807, 2.05) is 20.8 Å². The van der Waals surface area contributed by atoms with Crippen molar-refractivity contribution in [3.05, 3.63) is 48.5 Å². The summed E-state index contributed by atoms with van der Waals surface area (Å²) >= 11 is 0. The number of rotatable bonds is 18. The lowest BCUT2D eigenvalue weighted by Gasteiger charge is -2.28. The van der Waals surface area contributed by atoms with Crippen LogP contribution in [0.4, 0.5) is 0 Å². The van der Waals surface area contributed by atoms with Gasteiger partial charge in [-0.3, -0.25) is 0 Å². The highest BCUT2D eigenvalue weighted by Gasteiger charge is 2.39. The highest BCUT2D eigenvalue weighted by Crippen LogP contribution is 2.29. The minimum atomic E-state index is -2.45. The molecule has 1 heterocycles. The van der Waals surface area contributed by atoms with Gasteiger partial charge >= 0.3 is 8.80 Å². The van der Waals surface area contributed by atoms with E-state index in [0.717, 1.165) is 19.0 Å². The van der Waals surface area contributed by atoms with Crippen molar-refractivity contribution in [2.24, 2.45) is 0 Å².